The third-order valence-electron chi connectivity index (χ3n) is 5.29. The molecule has 1 fully saturated rings. The van der Waals surface area contributed by atoms with Crippen LogP contribution in [0.2, 0.25) is 0 Å². The van der Waals surface area contributed by atoms with Crippen LogP contribution in [0, 0.1) is 0 Å². The smallest absolute Gasteiger partial charge is 0.234 e. The van der Waals surface area contributed by atoms with Crippen molar-refractivity contribution >= 4 is 5.91 Å². The lowest BCUT2D eigenvalue weighted by molar-refractivity contribution is -0.122. The van der Waals surface area contributed by atoms with Crippen molar-refractivity contribution in [1.82, 2.24) is 15.1 Å². The first-order chi connectivity index (χ1) is 11.8. The Balaban J connectivity index is 1.42. The number of carbonyl (C=O) groups is 1. The zero-order valence-electron chi connectivity index (χ0n) is 14.4. The minimum atomic E-state index is 0.133. The number of fused-ring (bicyclic) bond motifs is 1. The van der Waals surface area contributed by atoms with E-state index in [2.05, 4.69) is 39.4 Å². The first-order valence-electron chi connectivity index (χ1n) is 9.16. The van der Waals surface area contributed by atoms with Crippen LogP contribution in [0.15, 0.2) is 24.3 Å². The van der Waals surface area contributed by atoms with E-state index in [1.54, 1.807) is 0 Å². The van der Waals surface area contributed by atoms with Gasteiger partial charge in [0.2, 0.25) is 5.91 Å². The summed E-state index contributed by atoms with van der Waals surface area (Å²) < 4.78 is 0. The highest BCUT2D eigenvalue weighted by atomic mass is 16.3. The topological polar surface area (TPSA) is 55.8 Å². The molecule has 0 spiro atoms. The van der Waals surface area contributed by atoms with Gasteiger partial charge in [-0.05, 0) is 30.4 Å². The first-order valence-corrected chi connectivity index (χ1v) is 9.16. The maximum Gasteiger partial charge on any atom is 0.234 e. The van der Waals surface area contributed by atoms with E-state index in [0.29, 0.717) is 12.5 Å². The van der Waals surface area contributed by atoms with Crippen LogP contribution in [0.3, 0.4) is 0 Å². The van der Waals surface area contributed by atoms with Crippen molar-refractivity contribution < 1.29 is 9.90 Å². The Kier molecular flexibility index (Phi) is 6.24. The maximum atomic E-state index is 12.3. The minimum absolute atomic E-state index is 0.133. The van der Waals surface area contributed by atoms with Crippen LogP contribution >= 0.6 is 0 Å². The van der Waals surface area contributed by atoms with E-state index >= 15 is 0 Å². The number of hydrogen-bond acceptors (Lipinski definition) is 4. The molecule has 24 heavy (non-hydrogen) atoms. The normalized spacial score (nSPS) is 22.1. The second-order valence-electron chi connectivity index (χ2n) is 6.93. The molecule has 5 nitrogen and oxygen atoms in total. The van der Waals surface area contributed by atoms with Crippen molar-refractivity contribution in [2.24, 2.45) is 0 Å². The summed E-state index contributed by atoms with van der Waals surface area (Å²) in [6.45, 7) is 5.86. The second-order valence-corrected chi connectivity index (χ2v) is 6.93. The predicted octanol–water partition coefficient (Wildman–Crippen LogP) is 0.833. The Morgan fingerprint density at radius 1 is 1.17 bits per heavy atom. The first kappa shape index (κ1) is 17.4. The SMILES string of the molecule is O=C(CN1CCN(CCO)CC1)NC[C@H]1CCCc2ccccc21. The Morgan fingerprint density at radius 3 is 2.71 bits per heavy atom. The highest BCUT2D eigenvalue weighted by Crippen LogP contribution is 2.30. The van der Waals surface area contributed by atoms with E-state index in [1.165, 1.54) is 24.0 Å². The van der Waals surface area contributed by atoms with Crippen LogP contribution in [0.1, 0.15) is 29.9 Å². The molecule has 0 aromatic heterocycles. The number of benzene rings is 1. The van der Waals surface area contributed by atoms with Crippen LogP contribution in [0.25, 0.3) is 0 Å². The highest BCUT2D eigenvalue weighted by molar-refractivity contribution is 5.78. The van der Waals surface area contributed by atoms with E-state index in [1.807, 2.05) is 0 Å². The van der Waals surface area contributed by atoms with Crippen molar-refractivity contribution in [3.63, 3.8) is 0 Å². The summed E-state index contributed by atoms with van der Waals surface area (Å²) in [4.78, 5) is 16.7. The van der Waals surface area contributed by atoms with Gasteiger partial charge >= 0.3 is 0 Å². The number of β-amino-alcohol motifs (C(OH)–C–C–N with tert-alkyl or cyclic N) is 1. The zero-order valence-corrected chi connectivity index (χ0v) is 14.4. The third kappa shape index (κ3) is 4.56. The lowest BCUT2D eigenvalue weighted by Gasteiger charge is -2.34. The quantitative estimate of drug-likeness (QED) is 0.811. The molecule has 0 unspecified atom stereocenters. The Morgan fingerprint density at radius 2 is 1.92 bits per heavy atom. The van der Waals surface area contributed by atoms with Crippen LogP contribution in [-0.2, 0) is 11.2 Å². The fourth-order valence-electron chi connectivity index (χ4n) is 3.88. The zero-order chi connectivity index (χ0) is 16.8. The van der Waals surface area contributed by atoms with Gasteiger partial charge in [0, 0.05) is 45.2 Å². The van der Waals surface area contributed by atoms with Gasteiger partial charge in [-0.1, -0.05) is 24.3 Å². The van der Waals surface area contributed by atoms with Gasteiger partial charge in [-0.3, -0.25) is 14.6 Å². The van der Waals surface area contributed by atoms with Gasteiger partial charge in [0.25, 0.3) is 0 Å². The average Bonchev–Trinajstić information content (AvgIpc) is 2.62. The molecule has 1 amide bonds. The number of rotatable bonds is 6. The Labute approximate surface area is 144 Å². The molecule has 1 heterocycles. The summed E-state index contributed by atoms with van der Waals surface area (Å²) in [5, 5.41) is 12.1. The number of nitrogens with zero attached hydrogens (tertiary/aromatic N) is 2. The molecule has 1 atom stereocenters. The summed E-state index contributed by atoms with van der Waals surface area (Å²) in [5.74, 6) is 0.592. The lowest BCUT2D eigenvalue weighted by atomic mass is 9.83. The predicted molar refractivity (Wildman–Crippen MR) is 95.1 cm³/mol. The van der Waals surface area contributed by atoms with E-state index in [9.17, 15) is 4.79 Å². The summed E-state index contributed by atoms with van der Waals surface area (Å²) in [6.07, 6.45) is 3.54. The fourth-order valence-corrected chi connectivity index (χ4v) is 3.88. The van der Waals surface area contributed by atoms with Crippen molar-refractivity contribution in [3.8, 4) is 0 Å². The van der Waals surface area contributed by atoms with Crippen LogP contribution in [-0.4, -0.2) is 73.2 Å². The van der Waals surface area contributed by atoms with Gasteiger partial charge in [0.1, 0.15) is 0 Å². The standard InChI is InChI=1S/C19H29N3O2/c23-13-12-21-8-10-22(11-9-21)15-19(24)20-14-17-6-3-5-16-4-1-2-7-18(16)17/h1-2,4,7,17,23H,3,5-6,8-15H2,(H,20,24)/t17-/m1/s1. The summed E-state index contributed by atoms with van der Waals surface area (Å²) in [7, 11) is 0. The summed E-state index contributed by atoms with van der Waals surface area (Å²) in [5.41, 5.74) is 2.87. The number of piperazine rings is 1. The van der Waals surface area contributed by atoms with Crippen molar-refractivity contribution in [1.29, 1.82) is 0 Å². The summed E-state index contributed by atoms with van der Waals surface area (Å²) in [6, 6.07) is 8.64. The largest absolute Gasteiger partial charge is 0.395 e. The molecule has 2 aliphatic rings. The number of aliphatic hydroxyl groups excluding tert-OH is 1. The molecule has 1 aliphatic carbocycles. The van der Waals surface area contributed by atoms with Crippen LogP contribution < -0.4 is 5.32 Å². The number of nitrogens with one attached hydrogen (secondary N) is 1. The molecule has 132 valence electrons. The van der Waals surface area contributed by atoms with Gasteiger partial charge in [-0.25, -0.2) is 0 Å². The Bertz CT molecular complexity index is 541. The van der Waals surface area contributed by atoms with E-state index in [4.69, 9.17) is 5.11 Å². The lowest BCUT2D eigenvalue weighted by Crippen LogP contribution is -2.50. The molecule has 2 N–H and O–H groups in total. The summed E-state index contributed by atoms with van der Waals surface area (Å²) >= 11 is 0. The molecule has 0 bridgehead atoms. The fraction of sp³-hybridized carbons (Fsp3) is 0.632. The van der Waals surface area contributed by atoms with Gasteiger partial charge in [0.05, 0.1) is 13.2 Å². The average molecular weight is 331 g/mol. The van der Waals surface area contributed by atoms with Gasteiger partial charge in [0.15, 0.2) is 0 Å². The number of aryl methyl sites for hydroxylation is 1. The van der Waals surface area contributed by atoms with E-state index in [-0.39, 0.29) is 12.5 Å². The van der Waals surface area contributed by atoms with Crippen molar-refractivity contribution in [2.45, 2.75) is 25.2 Å². The molecule has 1 aliphatic heterocycles. The van der Waals surface area contributed by atoms with Gasteiger partial charge in [-0.15, -0.1) is 0 Å². The van der Waals surface area contributed by atoms with Gasteiger partial charge < -0.3 is 10.4 Å². The molecule has 0 saturated carbocycles. The minimum Gasteiger partial charge on any atom is -0.395 e. The molecule has 0 radical (unpaired) electrons. The molecule has 1 saturated heterocycles. The highest BCUT2D eigenvalue weighted by Gasteiger charge is 2.22. The second kappa shape index (κ2) is 8.60. The van der Waals surface area contributed by atoms with Crippen molar-refractivity contribution in [2.75, 3.05) is 52.4 Å². The number of hydrogen-bond donors (Lipinski definition) is 2. The number of amides is 1. The monoisotopic (exact) mass is 331 g/mol. The van der Waals surface area contributed by atoms with Crippen LogP contribution in [0.5, 0.6) is 0 Å². The molecule has 5 heteroatoms. The number of aliphatic hydroxyl groups is 1. The Hall–Kier alpha value is -1.43. The molecule has 1 aromatic carbocycles. The number of carbonyl (C=O) groups excluding carboxylic acids is 1. The molecular formula is C19H29N3O2. The molecule has 3 rings (SSSR count). The molecular weight excluding hydrogens is 302 g/mol. The van der Waals surface area contributed by atoms with E-state index in [0.717, 1.165) is 45.7 Å². The third-order valence-corrected chi connectivity index (χ3v) is 5.29. The van der Waals surface area contributed by atoms with E-state index < -0.39 is 0 Å². The van der Waals surface area contributed by atoms with Gasteiger partial charge in [-0.2, -0.15) is 0 Å². The van der Waals surface area contributed by atoms with Crippen LogP contribution in [0.4, 0.5) is 0 Å². The van der Waals surface area contributed by atoms with Crippen molar-refractivity contribution in [3.05, 3.63) is 35.4 Å². The maximum absolute atomic E-state index is 12.3. The molecule has 1 aromatic rings.